The molecule has 0 radical (unpaired) electrons. The lowest BCUT2D eigenvalue weighted by Crippen LogP contribution is -2.48. The Morgan fingerprint density at radius 3 is 2.84 bits per heavy atom. The second kappa shape index (κ2) is 7.68. The van der Waals surface area contributed by atoms with Crippen LogP contribution in [0.2, 0.25) is 0 Å². The number of rotatable bonds is 5. The van der Waals surface area contributed by atoms with Gasteiger partial charge in [0.15, 0.2) is 10.8 Å². The first kappa shape index (κ1) is 20.6. The maximum Gasteiger partial charge on any atom is 0.213 e. The average Bonchev–Trinajstić information content (AvgIpc) is 3.31. The molecular formula is C21H25N5O3S2. The van der Waals surface area contributed by atoms with Gasteiger partial charge in [0, 0.05) is 41.9 Å². The number of aromatic nitrogens is 4. The summed E-state index contributed by atoms with van der Waals surface area (Å²) in [5.41, 5.74) is 3.03. The van der Waals surface area contributed by atoms with E-state index >= 15 is 0 Å². The van der Waals surface area contributed by atoms with Gasteiger partial charge in [-0.25, -0.2) is 27.4 Å². The van der Waals surface area contributed by atoms with E-state index in [2.05, 4.69) is 30.0 Å². The molecule has 2 aromatic heterocycles. The first-order valence-corrected chi connectivity index (χ1v) is 12.9. The summed E-state index contributed by atoms with van der Waals surface area (Å²) in [5.74, 6) is 1.94. The normalized spacial score (nSPS) is 17.0. The van der Waals surface area contributed by atoms with E-state index in [9.17, 15) is 8.42 Å². The smallest absolute Gasteiger partial charge is 0.213 e. The van der Waals surface area contributed by atoms with Crippen molar-refractivity contribution in [2.75, 3.05) is 25.4 Å². The molecule has 0 unspecified atom stereocenters. The molecule has 164 valence electrons. The molecule has 10 heteroatoms. The van der Waals surface area contributed by atoms with Crippen LogP contribution < -0.4 is 4.74 Å². The largest absolute Gasteiger partial charge is 0.493 e. The van der Waals surface area contributed by atoms with Crippen LogP contribution in [0.5, 0.6) is 5.75 Å². The van der Waals surface area contributed by atoms with Gasteiger partial charge < -0.3 is 4.74 Å². The second-order valence-electron chi connectivity index (χ2n) is 8.18. The summed E-state index contributed by atoms with van der Waals surface area (Å²) in [7, 11) is -3.12. The van der Waals surface area contributed by atoms with Crippen LogP contribution >= 0.6 is 11.3 Å². The van der Waals surface area contributed by atoms with Crippen molar-refractivity contribution in [3.05, 3.63) is 35.0 Å². The number of thiazole rings is 1. The summed E-state index contributed by atoms with van der Waals surface area (Å²) in [6, 6.07) is 6.36. The molecule has 3 aromatic rings. The van der Waals surface area contributed by atoms with Gasteiger partial charge in [-0.2, -0.15) is 5.10 Å². The standard InChI is InChI=1S/C21H25N5O3S2/c1-4-31(27,28)25-10-15(11-25)14-5-6-17-16(9-14)19-18(7-8-29-17)30-21(24-19)20-22-12-23-26(20)13(2)3/h5-6,9,12-13,15H,4,7-8,10-11H2,1-3H3. The molecule has 0 saturated carbocycles. The van der Waals surface area contributed by atoms with Gasteiger partial charge in [-0.1, -0.05) is 6.07 Å². The van der Waals surface area contributed by atoms with E-state index in [1.807, 2.05) is 16.8 Å². The Labute approximate surface area is 186 Å². The van der Waals surface area contributed by atoms with Crippen LogP contribution in [0.15, 0.2) is 24.5 Å². The zero-order chi connectivity index (χ0) is 21.8. The minimum absolute atomic E-state index is 0.143. The number of nitrogens with zero attached hydrogens (tertiary/aromatic N) is 5. The van der Waals surface area contributed by atoms with Crippen molar-refractivity contribution < 1.29 is 13.2 Å². The third-order valence-corrected chi connectivity index (χ3v) is 8.80. The third-order valence-electron chi connectivity index (χ3n) is 5.87. The lowest BCUT2D eigenvalue weighted by molar-refractivity contribution is 0.264. The summed E-state index contributed by atoms with van der Waals surface area (Å²) in [4.78, 5) is 10.6. The SMILES string of the molecule is CCS(=O)(=O)N1CC(c2ccc3c(c2)-c2nc(-c4ncnn4C(C)C)sc2CCO3)C1. The fourth-order valence-corrected chi connectivity index (χ4v) is 6.26. The molecule has 1 aromatic carbocycles. The van der Waals surface area contributed by atoms with Crippen molar-refractivity contribution in [3.63, 3.8) is 0 Å². The lowest BCUT2D eigenvalue weighted by Gasteiger charge is -2.38. The van der Waals surface area contributed by atoms with Gasteiger partial charge >= 0.3 is 0 Å². The molecular weight excluding hydrogens is 434 g/mol. The van der Waals surface area contributed by atoms with Crippen molar-refractivity contribution in [2.45, 2.75) is 39.2 Å². The molecule has 5 rings (SSSR count). The molecule has 2 aliphatic rings. The van der Waals surface area contributed by atoms with Gasteiger partial charge in [-0.05, 0) is 38.5 Å². The number of hydrogen-bond acceptors (Lipinski definition) is 7. The number of ether oxygens (including phenoxy) is 1. The number of sulfonamides is 1. The average molecular weight is 460 g/mol. The predicted octanol–water partition coefficient (Wildman–Crippen LogP) is 3.33. The van der Waals surface area contributed by atoms with Crippen LogP contribution in [0.25, 0.3) is 22.1 Å². The zero-order valence-electron chi connectivity index (χ0n) is 17.8. The lowest BCUT2D eigenvalue weighted by atomic mass is 9.91. The molecule has 0 spiro atoms. The topological polar surface area (TPSA) is 90.2 Å². The van der Waals surface area contributed by atoms with Gasteiger partial charge in [-0.3, -0.25) is 0 Å². The molecule has 0 aliphatic carbocycles. The van der Waals surface area contributed by atoms with Crippen molar-refractivity contribution in [1.82, 2.24) is 24.1 Å². The van der Waals surface area contributed by atoms with Gasteiger partial charge in [0.05, 0.1) is 18.1 Å². The maximum atomic E-state index is 12.1. The molecule has 0 bridgehead atoms. The Hall–Kier alpha value is -2.30. The number of benzene rings is 1. The van der Waals surface area contributed by atoms with E-state index < -0.39 is 10.0 Å². The molecule has 0 amide bonds. The molecule has 8 nitrogen and oxygen atoms in total. The van der Waals surface area contributed by atoms with Crippen LogP contribution in [0.4, 0.5) is 0 Å². The van der Waals surface area contributed by atoms with Crippen molar-refractivity contribution in [2.24, 2.45) is 0 Å². The molecule has 0 atom stereocenters. The molecule has 4 heterocycles. The summed E-state index contributed by atoms with van der Waals surface area (Å²) < 4.78 is 33.6. The highest BCUT2D eigenvalue weighted by molar-refractivity contribution is 7.89. The fourth-order valence-electron chi connectivity index (χ4n) is 4.03. The minimum atomic E-state index is -3.12. The highest BCUT2D eigenvalue weighted by Gasteiger charge is 2.36. The Bertz CT molecular complexity index is 1230. The van der Waals surface area contributed by atoms with E-state index in [0.29, 0.717) is 19.7 Å². The Morgan fingerprint density at radius 2 is 2.10 bits per heavy atom. The summed E-state index contributed by atoms with van der Waals surface area (Å²) >= 11 is 1.64. The van der Waals surface area contributed by atoms with E-state index in [1.165, 1.54) is 4.88 Å². The monoisotopic (exact) mass is 459 g/mol. The number of fused-ring (bicyclic) bond motifs is 3. The highest BCUT2D eigenvalue weighted by atomic mass is 32.2. The first-order valence-electron chi connectivity index (χ1n) is 10.5. The second-order valence-corrected chi connectivity index (χ2v) is 11.5. The van der Waals surface area contributed by atoms with Crippen molar-refractivity contribution in [1.29, 1.82) is 0 Å². The van der Waals surface area contributed by atoms with Crippen LogP contribution in [-0.2, 0) is 16.4 Å². The predicted molar refractivity (Wildman–Crippen MR) is 120 cm³/mol. The van der Waals surface area contributed by atoms with Gasteiger partial charge in [0.1, 0.15) is 12.1 Å². The molecule has 31 heavy (non-hydrogen) atoms. The maximum absolute atomic E-state index is 12.1. The summed E-state index contributed by atoms with van der Waals surface area (Å²) in [6.07, 6.45) is 2.36. The minimum Gasteiger partial charge on any atom is -0.493 e. The first-order chi connectivity index (χ1) is 14.9. The van der Waals surface area contributed by atoms with Crippen molar-refractivity contribution >= 4 is 21.4 Å². The molecule has 0 N–H and O–H groups in total. The van der Waals surface area contributed by atoms with Crippen LogP contribution in [0.1, 0.15) is 43.2 Å². The van der Waals surface area contributed by atoms with Gasteiger partial charge in [0.25, 0.3) is 0 Å². The van der Waals surface area contributed by atoms with Crippen LogP contribution in [-0.4, -0.2) is 57.9 Å². The van der Waals surface area contributed by atoms with Gasteiger partial charge in [0.2, 0.25) is 10.0 Å². The number of hydrogen-bond donors (Lipinski definition) is 0. The fraction of sp³-hybridized carbons (Fsp3) is 0.476. The van der Waals surface area contributed by atoms with Crippen LogP contribution in [0, 0.1) is 0 Å². The Morgan fingerprint density at radius 1 is 1.29 bits per heavy atom. The van der Waals surface area contributed by atoms with Crippen molar-refractivity contribution in [3.8, 4) is 27.8 Å². The summed E-state index contributed by atoms with van der Waals surface area (Å²) in [6.45, 7) is 7.50. The van der Waals surface area contributed by atoms with E-state index in [1.54, 1.807) is 28.9 Å². The quantitative estimate of drug-likeness (QED) is 0.581. The molecule has 2 aliphatic heterocycles. The Balaban J connectivity index is 1.49. The van der Waals surface area contributed by atoms with E-state index in [4.69, 9.17) is 9.72 Å². The molecule has 1 fully saturated rings. The third kappa shape index (κ3) is 3.56. The van der Waals surface area contributed by atoms with Gasteiger partial charge in [-0.15, -0.1) is 11.3 Å². The Kier molecular flexibility index (Phi) is 5.10. The molecule has 1 saturated heterocycles. The summed E-state index contributed by atoms with van der Waals surface area (Å²) in [5, 5.41) is 5.20. The van der Waals surface area contributed by atoms with E-state index in [0.717, 1.165) is 39.8 Å². The van der Waals surface area contributed by atoms with Crippen LogP contribution in [0.3, 0.4) is 0 Å². The highest BCUT2D eigenvalue weighted by Crippen LogP contribution is 2.42. The zero-order valence-corrected chi connectivity index (χ0v) is 19.4. The van der Waals surface area contributed by atoms with E-state index in [-0.39, 0.29) is 17.7 Å².